The van der Waals surface area contributed by atoms with Crippen molar-refractivity contribution in [2.75, 3.05) is 31.5 Å². The first-order chi connectivity index (χ1) is 12.1. The van der Waals surface area contributed by atoms with E-state index in [-0.39, 0.29) is 28.9 Å². The summed E-state index contributed by atoms with van der Waals surface area (Å²) < 4.78 is 0. The minimum Gasteiger partial charge on any atom is -0.379 e. The van der Waals surface area contributed by atoms with Crippen LogP contribution in [0.4, 0.5) is 11.4 Å². The number of amides is 1. The van der Waals surface area contributed by atoms with Gasteiger partial charge >= 0.3 is 0 Å². The zero-order valence-electron chi connectivity index (χ0n) is 15.3. The van der Waals surface area contributed by atoms with Crippen LogP contribution < -0.4 is 16.0 Å². The Morgan fingerprint density at radius 3 is 2.73 bits per heavy atom. The molecule has 0 spiro atoms. The largest absolute Gasteiger partial charge is 0.379 e. The molecule has 0 saturated carbocycles. The number of halogens is 1. The van der Waals surface area contributed by atoms with Gasteiger partial charge in [-0.15, -0.1) is 12.4 Å². The summed E-state index contributed by atoms with van der Waals surface area (Å²) in [6.07, 6.45) is 4.59. The van der Waals surface area contributed by atoms with Gasteiger partial charge in [0.05, 0.1) is 4.92 Å². The Labute approximate surface area is 160 Å². The summed E-state index contributed by atoms with van der Waals surface area (Å²) in [4.78, 5) is 22.5. The molecular weight excluding hydrogens is 356 g/mol. The topological polar surface area (TPSA) is 96.3 Å². The minimum absolute atomic E-state index is 0. The lowest BCUT2D eigenvalue weighted by atomic mass is 9.93. The molecule has 1 heterocycles. The molecule has 0 aromatic heterocycles. The Morgan fingerprint density at radius 2 is 2.04 bits per heavy atom. The third kappa shape index (κ3) is 7.58. The number of benzene rings is 1. The van der Waals surface area contributed by atoms with E-state index in [1.165, 1.54) is 0 Å². The van der Waals surface area contributed by atoms with E-state index in [1.54, 1.807) is 12.1 Å². The van der Waals surface area contributed by atoms with Crippen molar-refractivity contribution in [1.29, 1.82) is 0 Å². The standard InChI is InChI=1S/C18H28N4O3.ClH/c1-14-3-5-16(17(13-14)22(24)25)20-9-2-10-21-18(23)6-4-15-7-11-19-12-8-15;/h3,5,13,15,19-20H,2,4,6-12H2,1H3,(H,21,23);1H. The van der Waals surface area contributed by atoms with Crippen LogP contribution in [0.3, 0.4) is 0 Å². The van der Waals surface area contributed by atoms with Gasteiger partial charge in [0.1, 0.15) is 5.69 Å². The second-order valence-electron chi connectivity index (χ2n) is 6.64. The summed E-state index contributed by atoms with van der Waals surface area (Å²) in [5.41, 5.74) is 1.47. The average Bonchev–Trinajstić information content (AvgIpc) is 2.61. The number of hydrogen-bond acceptors (Lipinski definition) is 5. The fourth-order valence-corrected chi connectivity index (χ4v) is 3.08. The van der Waals surface area contributed by atoms with Crippen LogP contribution >= 0.6 is 12.4 Å². The summed E-state index contributed by atoms with van der Waals surface area (Å²) in [7, 11) is 0. The molecule has 0 bridgehead atoms. The number of carbonyl (C=O) groups is 1. The molecule has 0 aliphatic carbocycles. The smallest absolute Gasteiger partial charge is 0.292 e. The second kappa shape index (κ2) is 11.7. The first-order valence-corrected chi connectivity index (χ1v) is 9.02. The van der Waals surface area contributed by atoms with Crippen molar-refractivity contribution in [2.45, 2.75) is 39.0 Å². The molecule has 1 saturated heterocycles. The van der Waals surface area contributed by atoms with E-state index >= 15 is 0 Å². The van der Waals surface area contributed by atoms with Gasteiger partial charge in [-0.1, -0.05) is 6.07 Å². The van der Waals surface area contributed by atoms with Gasteiger partial charge in [0, 0.05) is 25.6 Å². The van der Waals surface area contributed by atoms with Crippen molar-refractivity contribution in [1.82, 2.24) is 10.6 Å². The summed E-state index contributed by atoms with van der Waals surface area (Å²) in [5.74, 6) is 0.760. The van der Waals surface area contributed by atoms with Crippen LogP contribution in [-0.2, 0) is 4.79 Å². The third-order valence-electron chi connectivity index (χ3n) is 4.58. The highest BCUT2D eigenvalue weighted by molar-refractivity contribution is 5.85. The third-order valence-corrected chi connectivity index (χ3v) is 4.58. The fourth-order valence-electron chi connectivity index (χ4n) is 3.08. The lowest BCUT2D eigenvalue weighted by Gasteiger charge is -2.22. The molecule has 0 unspecified atom stereocenters. The van der Waals surface area contributed by atoms with Crippen molar-refractivity contribution in [3.05, 3.63) is 33.9 Å². The van der Waals surface area contributed by atoms with Gasteiger partial charge in [0.2, 0.25) is 5.91 Å². The molecule has 1 aliphatic rings. The number of carbonyl (C=O) groups excluding carboxylic acids is 1. The highest BCUT2D eigenvalue weighted by atomic mass is 35.5. The number of nitrogens with one attached hydrogen (secondary N) is 3. The number of nitro benzene ring substituents is 1. The van der Waals surface area contributed by atoms with Gasteiger partial charge in [0.15, 0.2) is 0 Å². The Kier molecular flexibility index (Phi) is 9.98. The van der Waals surface area contributed by atoms with Crippen LogP contribution in [0.2, 0.25) is 0 Å². The molecule has 2 rings (SSSR count). The maximum atomic E-state index is 11.9. The highest BCUT2D eigenvalue weighted by Gasteiger charge is 2.15. The lowest BCUT2D eigenvalue weighted by molar-refractivity contribution is -0.384. The van der Waals surface area contributed by atoms with E-state index < -0.39 is 0 Å². The van der Waals surface area contributed by atoms with Crippen LogP contribution in [0.25, 0.3) is 0 Å². The quantitative estimate of drug-likeness (QED) is 0.345. The lowest BCUT2D eigenvalue weighted by Crippen LogP contribution is -2.30. The Morgan fingerprint density at radius 1 is 1.31 bits per heavy atom. The first kappa shape index (κ1) is 22.2. The van der Waals surface area contributed by atoms with Crippen molar-refractivity contribution in [3.63, 3.8) is 0 Å². The number of nitro groups is 1. The summed E-state index contributed by atoms with van der Waals surface area (Å²) >= 11 is 0. The number of aryl methyl sites for hydroxylation is 1. The van der Waals surface area contributed by atoms with E-state index in [2.05, 4.69) is 16.0 Å². The van der Waals surface area contributed by atoms with Crippen LogP contribution in [-0.4, -0.2) is 37.0 Å². The van der Waals surface area contributed by atoms with E-state index in [0.717, 1.165) is 44.3 Å². The van der Waals surface area contributed by atoms with E-state index in [9.17, 15) is 14.9 Å². The van der Waals surface area contributed by atoms with E-state index in [4.69, 9.17) is 0 Å². The van der Waals surface area contributed by atoms with Crippen LogP contribution in [0, 0.1) is 23.0 Å². The maximum Gasteiger partial charge on any atom is 0.292 e. The number of rotatable bonds is 9. The van der Waals surface area contributed by atoms with Crippen molar-refractivity contribution < 1.29 is 9.72 Å². The SMILES string of the molecule is Cc1ccc(NCCCNC(=O)CCC2CCNCC2)c([N+](=O)[O-])c1.Cl. The summed E-state index contributed by atoms with van der Waals surface area (Å²) in [5, 5.41) is 20.4. The van der Waals surface area contributed by atoms with Crippen molar-refractivity contribution >= 4 is 29.7 Å². The fraction of sp³-hybridized carbons (Fsp3) is 0.611. The van der Waals surface area contributed by atoms with Crippen molar-refractivity contribution in [2.24, 2.45) is 5.92 Å². The molecule has 7 nitrogen and oxygen atoms in total. The first-order valence-electron chi connectivity index (χ1n) is 9.02. The zero-order valence-corrected chi connectivity index (χ0v) is 16.1. The number of nitrogens with zero attached hydrogens (tertiary/aromatic N) is 1. The number of anilines is 1. The van der Waals surface area contributed by atoms with Gasteiger partial charge in [-0.25, -0.2) is 0 Å². The highest BCUT2D eigenvalue weighted by Crippen LogP contribution is 2.25. The van der Waals surface area contributed by atoms with Gasteiger partial charge < -0.3 is 16.0 Å². The number of hydrogen-bond donors (Lipinski definition) is 3. The summed E-state index contributed by atoms with van der Waals surface area (Å²) in [6.45, 7) is 5.11. The Hall–Kier alpha value is -1.86. The van der Waals surface area contributed by atoms with Gasteiger partial charge in [-0.2, -0.15) is 0 Å². The molecule has 1 amide bonds. The summed E-state index contributed by atoms with van der Waals surface area (Å²) in [6, 6.07) is 5.13. The molecule has 1 aromatic rings. The zero-order chi connectivity index (χ0) is 18.1. The monoisotopic (exact) mass is 384 g/mol. The molecule has 0 atom stereocenters. The van der Waals surface area contributed by atoms with Gasteiger partial charge in [-0.05, 0) is 63.2 Å². The average molecular weight is 385 g/mol. The Balaban J connectivity index is 0.00000338. The molecule has 1 aliphatic heterocycles. The Bertz CT molecular complexity index is 592. The van der Waals surface area contributed by atoms with Gasteiger partial charge in [-0.3, -0.25) is 14.9 Å². The van der Waals surface area contributed by atoms with Gasteiger partial charge in [0.25, 0.3) is 5.69 Å². The van der Waals surface area contributed by atoms with Crippen LogP contribution in [0.15, 0.2) is 18.2 Å². The van der Waals surface area contributed by atoms with Crippen LogP contribution in [0.5, 0.6) is 0 Å². The van der Waals surface area contributed by atoms with E-state index in [0.29, 0.717) is 31.1 Å². The predicted octanol–water partition coefficient (Wildman–Crippen LogP) is 3.02. The number of piperidine rings is 1. The van der Waals surface area contributed by atoms with Crippen LogP contribution in [0.1, 0.15) is 37.7 Å². The normalized spacial score (nSPS) is 14.3. The molecular formula is C18H29ClN4O3. The van der Waals surface area contributed by atoms with E-state index in [1.807, 2.05) is 13.0 Å². The predicted molar refractivity (Wildman–Crippen MR) is 106 cm³/mol. The minimum atomic E-state index is -0.377. The molecule has 1 fully saturated rings. The molecule has 0 radical (unpaired) electrons. The second-order valence-corrected chi connectivity index (χ2v) is 6.64. The molecule has 146 valence electrons. The maximum absolute atomic E-state index is 11.9. The van der Waals surface area contributed by atoms with Crippen molar-refractivity contribution in [3.8, 4) is 0 Å². The molecule has 8 heteroatoms. The molecule has 26 heavy (non-hydrogen) atoms. The molecule has 3 N–H and O–H groups in total. The molecule has 1 aromatic carbocycles.